The highest BCUT2D eigenvalue weighted by atomic mass is 79.9. The van der Waals surface area contributed by atoms with Crippen molar-refractivity contribution in [1.29, 1.82) is 5.41 Å². The van der Waals surface area contributed by atoms with Crippen molar-refractivity contribution >= 4 is 26.5 Å². The second-order valence-electron chi connectivity index (χ2n) is 2.97. The number of halogens is 1. The Hall–Kier alpha value is -0.840. The summed E-state index contributed by atoms with van der Waals surface area (Å²) in [7, 11) is 0. The fourth-order valence-corrected chi connectivity index (χ4v) is 1.28. The van der Waals surface area contributed by atoms with E-state index in [9.17, 15) is 4.79 Å². The molecule has 5 heteroatoms. The summed E-state index contributed by atoms with van der Waals surface area (Å²) in [6.45, 7) is 0. The van der Waals surface area contributed by atoms with Crippen LogP contribution in [0.1, 0.15) is 19.3 Å². The van der Waals surface area contributed by atoms with E-state index in [1.54, 1.807) is 0 Å². The Morgan fingerprint density at radius 2 is 2.23 bits per heavy atom. The zero-order valence-electron chi connectivity index (χ0n) is 7.01. The van der Waals surface area contributed by atoms with E-state index in [0.29, 0.717) is 6.04 Å². The number of aliphatic carboxylic acids is 1. The highest BCUT2D eigenvalue weighted by Gasteiger charge is 2.17. The first-order valence-corrected chi connectivity index (χ1v) is 4.84. The topological polar surface area (TPSA) is 73.2 Å². The molecule has 1 aliphatic carbocycles. The average molecular weight is 247 g/mol. The van der Waals surface area contributed by atoms with Crippen LogP contribution in [0.15, 0.2) is 11.8 Å². The smallest absolute Gasteiger partial charge is 0.339 e. The summed E-state index contributed by atoms with van der Waals surface area (Å²) in [5.74, 6) is -1.09. The number of carbonyl (C=O) groups is 1. The van der Waals surface area contributed by atoms with Gasteiger partial charge in [-0.2, -0.15) is 0 Å². The molecule has 4 nitrogen and oxygen atoms in total. The third kappa shape index (κ3) is 2.84. The van der Waals surface area contributed by atoms with Crippen LogP contribution in [0.2, 0.25) is 0 Å². The number of rotatable bonds is 4. The SMILES string of the molecule is N=C(Br)/C(=C\NC1CCC1)C(=O)O. The van der Waals surface area contributed by atoms with Gasteiger partial charge < -0.3 is 10.4 Å². The Labute approximate surface area is 84.7 Å². The molecule has 72 valence electrons. The average Bonchev–Trinajstić information content (AvgIpc) is 1.92. The lowest BCUT2D eigenvalue weighted by molar-refractivity contribution is -0.132. The zero-order chi connectivity index (χ0) is 9.84. The maximum absolute atomic E-state index is 10.6. The summed E-state index contributed by atoms with van der Waals surface area (Å²) in [6.07, 6.45) is 4.75. The van der Waals surface area contributed by atoms with Crippen LogP contribution in [0.25, 0.3) is 0 Å². The molecule has 0 aliphatic heterocycles. The molecule has 1 fully saturated rings. The summed E-state index contributed by atoms with van der Waals surface area (Å²) in [4.78, 5) is 10.6. The predicted octanol–water partition coefficient (Wildman–Crippen LogP) is 1.47. The van der Waals surface area contributed by atoms with E-state index in [-0.39, 0.29) is 10.2 Å². The molecule has 0 aromatic rings. The van der Waals surface area contributed by atoms with Crippen LogP contribution < -0.4 is 5.32 Å². The van der Waals surface area contributed by atoms with E-state index in [1.807, 2.05) is 0 Å². The summed E-state index contributed by atoms with van der Waals surface area (Å²) in [6, 6.07) is 0.390. The first kappa shape index (κ1) is 10.2. The van der Waals surface area contributed by atoms with Gasteiger partial charge >= 0.3 is 5.97 Å². The second-order valence-corrected chi connectivity index (χ2v) is 3.76. The molecule has 13 heavy (non-hydrogen) atoms. The third-order valence-electron chi connectivity index (χ3n) is 2.04. The van der Waals surface area contributed by atoms with Crippen LogP contribution in [-0.2, 0) is 4.79 Å². The first-order valence-electron chi connectivity index (χ1n) is 4.05. The lowest BCUT2D eigenvalue weighted by Gasteiger charge is -2.25. The van der Waals surface area contributed by atoms with Crippen molar-refractivity contribution < 1.29 is 9.90 Å². The van der Waals surface area contributed by atoms with E-state index < -0.39 is 5.97 Å². The normalized spacial score (nSPS) is 17.8. The Kier molecular flexibility index (Phi) is 3.48. The van der Waals surface area contributed by atoms with Gasteiger partial charge in [-0.3, -0.25) is 5.41 Å². The summed E-state index contributed by atoms with van der Waals surface area (Å²) in [5, 5.41) is 18.8. The maximum Gasteiger partial charge on any atom is 0.339 e. The first-order chi connectivity index (χ1) is 6.11. The predicted molar refractivity (Wildman–Crippen MR) is 53.1 cm³/mol. The van der Waals surface area contributed by atoms with Gasteiger partial charge in [0.05, 0.1) is 0 Å². The van der Waals surface area contributed by atoms with Crippen molar-refractivity contribution in [2.75, 3.05) is 0 Å². The number of carboxylic acid groups (broad SMARTS) is 1. The minimum absolute atomic E-state index is 0.0353. The van der Waals surface area contributed by atoms with Crippen molar-refractivity contribution in [2.45, 2.75) is 25.3 Å². The minimum atomic E-state index is -1.09. The molecule has 3 N–H and O–H groups in total. The molecular weight excluding hydrogens is 236 g/mol. The van der Waals surface area contributed by atoms with E-state index >= 15 is 0 Å². The second kappa shape index (κ2) is 4.41. The molecule has 0 aromatic heterocycles. The molecule has 0 atom stereocenters. The van der Waals surface area contributed by atoms with E-state index in [1.165, 1.54) is 12.6 Å². The molecule has 0 aromatic carbocycles. The van der Waals surface area contributed by atoms with Gasteiger partial charge in [0.15, 0.2) is 0 Å². The van der Waals surface area contributed by atoms with Crippen LogP contribution in [-0.4, -0.2) is 21.7 Å². The van der Waals surface area contributed by atoms with Crippen molar-refractivity contribution in [2.24, 2.45) is 0 Å². The fraction of sp³-hybridized carbons (Fsp3) is 0.500. The lowest BCUT2D eigenvalue weighted by atomic mass is 9.93. The van der Waals surface area contributed by atoms with Gasteiger partial charge in [0.2, 0.25) is 0 Å². The Bertz CT molecular complexity index is 243. The van der Waals surface area contributed by atoms with Crippen molar-refractivity contribution in [3.8, 4) is 0 Å². The lowest BCUT2D eigenvalue weighted by Crippen LogP contribution is -2.32. The molecule has 1 rings (SSSR count). The molecule has 0 saturated heterocycles. The number of carboxylic acids is 1. The summed E-state index contributed by atoms with van der Waals surface area (Å²) >= 11 is 2.83. The summed E-state index contributed by atoms with van der Waals surface area (Å²) in [5.41, 5.74) is -0.0353. The van der Waals surface area contributed by atoms with Gasteiger partial charge in [-0.1, -0.05) is 0 Å². The Morgan fingerprint density at radius 3 is 2.54 bits per heavy atom. The van der Waals surface area contributed by atoms with Crippen molar-refractivity contribution in [3.63, 3.8) is 0 Å². The van der Waals surface area contributed by atoms with E-state index in [2.05, 4.69) is 21.2 Å². The summed E-state index contributed by atoms with van der Waals surface area (Å²) < 4.78 is -0.105. The molecule has 1 aliphatic rings. The van der Waals surface area contributed by atoms with Gasteiger partial charge in [0.25, 0.3) is 0 Å². The largest absolute Gasteiger partial charge is 0.478 e. The maximum atomic E-state index is 10.6. The van der Waals surface area contributed by atoms with Gasteiger partial charge in [0, 0.05) is 12.2 Å². The molecule has 0 amide bonds. The van der Waals surface area contributed by atoms with Crippen LogP contribution in [0.3, 0.4) is 0 Å². The fourth-order valence-electron chi connectivity index (χ4n) is 0.995. The van der Waals surface area contributed by atoms with Crippen molar-refractivity contribution in [3.05, 3.63) is 11.8 Å². The molecule has 0 spiro atoms. The van der Waals surface area contributed by atoms with E-state index in [0.717, 1.165) is 12.8 Å². The molecule has 0 heterocycles. The third-order valence-corrected chi connectivity index (χ3v) is 2.46. The van der Waals surface area contributed by atoms with Crippen molar-refractivity contribution in [1.82, 2.24) is 5.32 Å². The van der Waals surface area contributed by atoms with Crippen LogP contribution in [0.4, 0.5) is 0 Å². The number of hydrogen-bond donors (Lipinski definition) is 3. The minimum Gasteiger partial charge on any atom is -0.478 e. The van der Waals surface area contributed by atoms with Gasteiger partial charge in [-0.15, -0.1) is 0 Å². The zero-order valence-corrected chi connectivity index (χ0v) is 8.60. The molecule has 0 unspecified atom stereocenters. The monoisotopic (exact) mass is 246 g/mol. The van der Waals surface area contributed by atoms with Gasteiger partial charge in [-0.05, 0) is 35.2 Å². The van der Waals surface area contributed by atoms with Crippen LogP contribution in [0.5, 0.6) is 0 Å². The quantitative estimate of drug-likeness (QED) is 0.520. The molecule has 1 saturated carbocycles. The number of nitrogens with one attached hydrogen (secondary N) is 2. The van der Waals surface area contributed by atoms with Crippen LogP contribution in [0, 0.1) is 5.41 Å². The van der Waals surface area contributed by atoms with E-state index in [4.69, 9.17) is 10.5 Å². The Balaban J connectivity index is 2.52. The standard InChI is InChI=1S/C8H11BrN2O2/c9-7(10)6(8(12)13)4-11-5-2-1-3-5/h4-5,10-11H,1-3H2,(H,12,13)/b6-4+,10-7?. The highest BCUT2D eigenvalue weighted by molar-refractivity contribution is 9.18. The van der Waals surface area contributed by atoms with Gasteiger partial charge in [-0.25, -0.2) is 4.79 Å². The molecule has 0 radical (unpaired) electrons. The van der Waals surface area contributed by atoms with Crippen LogP contribution >= 0.6 is 15.9 Å². The number of hydrogen-bond acceptors (Lipinski definition) is 3. The molecular formula is C8H11BrN2O2. The van der Waals surface area contributed by atoms with Gasteiger partial charge in [0.1, 0.15) is 10.2 Å². The Morgan fingerprint density at radius 1 is 1.62 bits per heavy atom. The highest BCUT2D eigenvalue weighted by Crippen LogP contribution is 2.18. The molecule has 0 bridgehead atoms.